The van der Waals surface area contributed by atoms with Gasteiger partial charge < -0.3 is 15.6 Å². The van der Waals surface area contributed by atoms with Gasteiger partial charge in [0.2, 0.25) is 0 Å². The van der Waals surface area contributed by atoms with Crippen LogP contribution >= 0.6 is 0 Å². The van der Waals surface area contributed by atoms with Crippen LogP contribution in [0.2, 0.25) is 0 Å². The molecule has 0 saturated heterocycles. The number of halogens is 1. The summed E-state index contributed by atoms with van der Waals surface area (Å²) < 4.78 is 18.9. The van der Waals surface area contributed by atoms with Crippen molar-refractivity contribution in [2.45, 2.75) is 37.7 Å². The molecule has 25 heavy (non-hydrogen) atoms. The van der Waals surface area contributed by atoms with E-state index in [1.807, 2.05) is 0 Å². The molecule has 0 radical (unpaired) electrons. The lowest BCUT2D eigenvalue weighted by atomic mass is 9.85. The zero-order valence-corrected chi connectivity index (χ0v) is 13.9. The van der Waals surface area contributed by atoms with E-state index in [1.165, 1.54) is 19.2 Å². The van der Waals surface area contributed by atoms with E-state index in [1.54, 1.807) is 12.3 Å². The Hall–Kier alpha value is -2.54. The van der Waals surface area contributed by atoms with Gasteiger partial charge in [-0.25, -0.2) is 19.2 Å². The predicted molar refractivity (Wildman–Crippen MR) is 90.4 cm³/mol. The number of nitrogens with zero attached hydrogens (tertiary/aromatic N) is 2. The van der Waals surface area contributed by atoms with Crippen LogP contribution < -0.4 is 5.73 Å². The monoisotopic (exact) mass is 345 g/mol. The van der Waals surface area contributed by atoms with Gasteiger partial charge in [-0.2, -0.15) is 0 Å². The molecule has 1 aliphatic carbocycles. The third-order valence-corrected chi connectivity index (χ3v) is 4.59. The first-order valence-corrected chi connectivity index (χ1v) is 8.19. The zero-order chi connectivity index (χ0) is 18.0. The van der Waals surface area contributed by atoms with E-state index in [-0.39, 0.29) is 34.7 Å². The van der Waals surface area contributed by atoms with Gasteiger partial charge in [0.1, 0.15) is 22.9 Å². The van der Waals surface area contributed by atoms with Crippen LogP contribution in [0.3, 0.4) is 0 Å². The van der Waals surface area contributed by atoms with Gasteiger partial charge in [0.25, 0.3) is 0 Å². The Morgan fingerprint density at radius 2 is 2.04 bits per heavy atom. The predicted octanol–water partition coefficient (Wildman–Crippen LogP) is 2.67. The number of nitrogens with two attached hydrogens (primary N) is 1. The number of carbonyl (C=O) groups is 1. The quantitative estimate of drug-likeness (QED) is 0.830. The molecule has 0 atom stereocenters. The molecular weight excluding hydrogens is 325 g/mol. The number of methoxy groups -OCH3 is 1. The van der Waals surface area contributed by atoms with E-state index in [0.717, 1.165) is 18.5 Å². The maximum atomic E-state index is 14.2. The lowest BCUT2D eigenvalue weighted by Crippen LogP contribution is -2.18. The van der Waals surface area contributed by atoms with Crippen molar-refractivity contribution in [3.8, 4) is 11.3 Å². The van der Waals surface area contributed by atoms with E-state index in [2.05, 4.69) is 14.7 Å². The molecule has 0 unspecified atom stereocenters. The van der Waals surface area contributed by atoms with Crippen LogP contribution in [0.15, 0.2) is 24.4 Å². The smallest absolute Gasteiger partial charge is 0.341 e. The van der Waals surface area contributed by atoms with Gasteiger partial charge in [0.15, 0.2) is 0 Å². The highest BCUT2D eigenvalue weighted by atomic mass is 19.1. The first-order chi connectivity index (χ1) is 12.0. The third kappa shape index (κ3) is 3.46. The van der Waals surface area contributed by atoms with Crippen LogP contribution in [0.4, 0.5) is 10.2 Å². The summed E-state index contributed by atoms with van der Waals surface area (Å²) in [6.07, 6.45) is 4.35. The Labute approximate surface area is 144 Å². The number of aliphatic hydroxyl groups is 1. The standard InChI is InChI=1S/C18H20FN3O3/c1-25-18(24)15-12(3-2-4-13(15)19)16-17(20)21-9-14(22-16)10-5-7-11(23)8-6-10/h2-4,9-11,23H,5-8H2,1H3,(H2,20,21). The van der Waals surface area contributed by atoms with Crippen LogP contribution in [-0.4, -0.2) is 34.3 Å². The third-order valence-electron chi connectivity index (χ3n) is 4.59. The maximum absolute atomic E-state index is 14.2. The number of aromatic nitrogens is 2. The van der Waals surface area contributed by atoms with E-state index in [0.29, 0.717) is 12.8 Å². The van der Waals surface area contributed by atoms with Gasteiger partial charge in [-0.1, -0.05) is 12.1 Å². The number of nitrogen functional groups attached to an aromatic ring is 1. The molecule has 1 aromatic carbocycles. The average molecular weight is 345 g/mol. The summed E-state index contributed by atoms with van der Waals surface area (Å²) in [6.45, 7) is 0. The summed E-state index contributed by atoms with van der Waals surface area (Å²) in [5.41, 5.74) is 7.00. The van der Waals surface area contributed by atoms with Gasteiger partial charge in [-0.15, -0.1) is 0 Å². The fourth-order valence-electron chi connectivity index (χ4n) is 3.21. The molecule has 1 heterocycles. The number of ether oxygens (including phenoxy) is 1. The molecule has 0 spiro atoms. The van der Waals surface area contributed by atoms with Crippen molar-refractivity contribution in [1.82, 2.24) is 9.97 Å². The molecule has 1 fully saturated rings. The van der Waals surface area contributed by atoms with E-state index in [4.69, 9.17) is 5.73 Å². The highest BCUT2D eigenvalue weighted by Gasteiger charge is 2.25. The number of anilines is 1. The van der Waals surface area contributed by atoms with Gasteiger partial charge in [0, 0.05) is 11.5 Å². The largest absolute Gasteiger partial charge is 0.465 e. The molecule has 1 saturated carbocycles. The SMILES string of the molecule is COC(=O)c1c(F)cccc1-c1nc(C2CCC(O)CC2)cnc1N. The minimum atomic E-state index is -0.791. The number of aliphatic hydroxyl groups excluding tert-OH is 1. The first-order valence-electron chi connectivity index (χ1n) is 8.19. The van der Waals surface area contributed by atoms with Gasteiger partial charge in [0.05, 0.1) is 25.1 Å². The minimum absolute atomic E-state index is 0.121. The van der Waals surface area contributed by atoms with E-state index < -0.39 is 11.8 Å². The second-order valence-corrected chi connectivity index (χ2v) is 6.19. The number of hydrogen-bond acceptors (Lipinski definition) is 6. The molecule has 0 amide bonds. The van der Waals surface area contributed by atoms with Crippen molar-refractivity contribution in [3.05, 3.63) is 41.5 Å². The highest BCUT2D eigenvalue weighted by Crippen LogP contribution is 2.34. The summed E-state index contributed by atoms with van der Waals surface area (Å²) in [7, 11) is 1.19. The van der Waals surface area contributed by atoms with Gasteiger partial charge >= 0.3 is 5.97 Å². The zero-order valence-electron chi connectivity index (χ0n) is 13.9. The van der Waals surface area contributed by atoms with E-state index >= 15 is 0 Å². The Morgan fingerprint density at radius 1 is 1.32 bits per heavy atom. The molecule has 0 bridgehead atoms. The number of hydrogen-bond donors (Lipinski definition) is 2. The van der Waals surface area contributed by atoms with Crippen molar-refractivity contribution in [2.24, 2.45) is 0 Å². The summed E-state index contributed by atoms with van der Waals surface area (Å²) >= 11 is 0. The summed E-state index contributed by atoms with van der Waals surface area (Å²) in [6, 6.07) is 4.25. The maximum Gasteiger partial charge on any atom is 0.341 e. The van der Waals surface area contributed by atoms with Crippen LogP contribution in [0.1, 0.15) is 47.7 Å². The van der Waals surface area contributed by atoms with Crippen molar-refractivity contribution < 1.29 is 19.0 Å². The fourth-order valence-corrected chi connectivity index (χ4v) is 3.21. The van der Waals surface area contributed by atoms with Gasteiger partial charge in [-0.3, -0.25) is 0 Å². The minimum Gasteiger partial charge on any atom is -0.465 e. The molecule has 1 aromatic heterocycles. The molecule has 6 nitrogen and oxygen atoms in total. The molecule has 2 aromatic rings. The normalized spacial score (nSPS) is 20.3. The number of rotatable bonds is 3. The summed E-state index contributed by atoms with van der Waals surface area (Å²) in [5.74, 6) is -1.21. The number of benzene rings is 1. The fraction of sp³-hybridized carbons (Fsp3) is 0.389. The van der Waals surface area contributed by atoms with Crippen molar-refractivity contribution in [3.63, 3.8) is 0 Å². The molecule has 3 N–H and O–H groups in total. The number of carbonyl (C=O) groups excluding carboxylic acids is 1. The highest BCUT2D eigenvalue weighted by molar-refractivity contribution is 5.98. The second kappa shape index (κ2) is 7.14. The Bertz CT molecular complexity index is 789. The second-order valence-electron chi connectivity index (χ2n) is 6.19. The van der Waals surface area contributed by atoms with Gasteiger partial charge in [-0.05, 0) is 31.7 Å². The Balaban J connectivity index is 2.05. The topological polar surface area (TPSA) is 98.3 Å². The molecule has 1 aliphatic rings. The Morgan fingerprint density at radius 3 is 2.72 bits per heavy atom. The average Bonchev–Trinajstić information content (AvgIpc) is 2.62. The molecule has 132 valence electrons. The van der Waals surface area contributed by atoms with Crippen molar-refractivity contribution in [1.29, 1.82) is 0 Å². The molecule has 3 rings (SSSR count). The number of esters is 1. The lowest BCUT2D eigenvalue weighted by molar-refractivity contribution is 0.0596. The van der Waals surface area contributed by atoms with Crippen molar-refractivity contribution >= 4 is 11.8 Å². The van der Waals surface area contributed by atoms with Crippen LogP contribution in [0.25, 0.3) is 11.3 Å². The molecule has 0 aliphatic heterocycles. The molecular formula is C18H20FN3O3. The van der Waals surface area contributed by atoms with Crippen LogP contribution in [-0.2, 0) is 4.74 Å². The molecule has 7 heteroatoms. The first kappa shape index (κ1) is 17.3. The summed E-state index contributed by atoms with van der Waals surface area (Å²) in [5, 5.41) is 9.66. The van der Waals surface area contributed by atoms with Crippen molar-refractivity contribution in [2.75, 3.05) is 12.8 Å². The lowest BCUT2D eigenvalue weighted by Gasteiger charge is -2.25. The summed E-state index contributed by atoms with van der Waals surface area (Å²) in [4.78, 5) is 20.7. The van der Waals surface area contributed by atoms with E-state index in [9.17, 15) is 14.3 Å². The Kier molecular flexibility index (Phi) is 4.94. The van der Waals surface area contributed by atoms with Crippen LogP contribution in [0.5, 0.6) is 0 Å². The van der Waals surface area contributed by atoms with Crippen LogP contribution in [0, 0.1) is 5.82 Å².